The SMILES string of the molecule is CCC(C)(C)C(=O)OC1C2OS(=O)(=O)C3C2OC1C3C(=O)OC. The number of hydrogen-bond acceptors (Lipinski definition) is 8. The Morgan fingerprint density at radius 1 is 1.17 bits per heavy atom. The fourth-order valence-electron chi connectivity index (χ4n) is 3.29. The van der Waals surface area contributed by atoms with Crippen LogP contribution in [0.25, 0.3) is 0 Å². The zero-order valence-electron chi connectivity index (χ0n) is 13.3. The van der Waals surface area contributed by atoms with Crippen LogP contribution in [0.4, 0.5) is 0 Å². The van der Waals surface area contributed by atoms with Gasteiger partial charge in [0.25, 0.3) is 10.1 Å². The van der Waals surface area contributed by atoms with Crippen LogP contribution in [0, 0.1) is 11.3 Å². The van der Waals surface area contributed by atoms with E-state index in [9.17, 15) is 18.0 Å². The van der Waals surface area contributed by atoms with E-state index in [0.29, 0.717) is 6.42 Å². The van der Waals surface area contributed by atoms with Crippen LogP contribution in [0.15, 0.2) is 0 Å². The second kappa shape index (κ2) is 5.15. The first kappa shape index (κ1) is 16.7. The summed E-state index contributed by atoms with van der Waals surface area (Å²) in [4.78, 5) is 24.3. The first-order valence-electron chi connectivity index (χ1n) is 7.50. The molecule has 6 atom stereocenters. The van der Waals surface area contributed by atoms with Crippen LogP contribution in [0.2, 0.25) is 0 Å². The molecule has 0 amide bonds. The number of carbonyl (C=O) groups excluding carboxylic acids is 2. The van der Waals surface area contributed by atoms with Gasteiger partial charge in [-0.2, -0.15) is 8.42 Å². The summed E-state index contributed by atoms with van der Waals surface area (Å²) in [5, 5.41) is -1.10. The topological polar surface area (TPSA) is 105 Å². The first-order chi connectivity index (χ1) is 10.6. The molecule has 3 rings (SSSR count). The summed E-state index contributed by atoms with van der Waals surface area (Å²) in [5.41, 5.74) is -0.723. The number of fused-ring (bicyclic) bond motifs is 1. The van der Waals surface area contributed by atoms with E-state index in [-0.39, 0.29) is 0 Å². The highest BCUT2D eigenvalue weighted by Crippen LogP contribution is 2.51. The Morgan fingerprint density at radius 3 is 2.39 bits per heavy atom. The molecule has 6 unspecified atom stereocenters. The minimum Gasteiger partial charge on any atom is -0.469 e. The summed E-state index contributed by atoms with van der Waals surface area (Å²) in [6.07, 6.45) is -2.95. The van der Waals surface area contributed by atoms with Crippen LogP contribution in [0.3, 0.4) is 0 Å². The summed E-state index contributed by atoms with van der Waals surface area (Å²) in [6.45, 7) is 5.31. The average molecular weight is 348 g/mol. The van der Waals surface area contributed by atoms with E-state index < -0.39 is 63.1 Å². The molecule has 23 heavy (non-hydrogen) atoms. The van der Waals surface area contributed by atoms with Gasteiger partial charge in [0, 0.05) is 0 Å². The van der Waals surface area contributed by atoms with Crippen molar-refractivity contribution in [2.75, 3.05) is 7.11 Å². The first-order valence-corrected chi connectivity index (χ1v) is 8.97. The zero-order chi connectivity index (χ0) is 17.2. The lowest BCUT2D eigenvalue weighted by atomic mass is 9.84. The Labute approximate surface area is 134 Å². The quantitative estimate of drug-likeness (QED) is 0.516. The lowest BCUT2D eigenvalue weighted by Crippen LogP contribution is -2.50. The second-order valence-electron chi connectivity index (χ2n) is 6.74. The van der Waals surface area contributed by atoms with Crippen molar-refractivity contribution in [3.63, 3.8) is 0 Å². The molecular formula is C14H20O8S. The van der Waals surface area contributed by atoms with Gasteiger partial charge in [-0.25, -0.2) is 0 Å². The van der Waals surface area contributed by atoms with E-state index in [1.54, 1.807) is 13.8 Å². The molecule has 3 fully saturated rings. The maximum atomic E-state index is 12.3. The monoisotopic (exact) mass is 348 g/mol. The molecule has 0 radical (unpaired) electrons. The summed E-state index contributed by atoms with van der Waals surface area (Å²) >= 11 is 0. The van der Waals surface area contributed by atoms with E-state index >= 15 is 0 Å². The molecule has 3 aliphatic rings. The molecule has 2 bridgehead atoms. The largest absolute Gasteiger partial charge is 0.469 e. The van der Waals surface area contributed by atoms with Crippen molar-refractivity contribution in [1.29, 1.82) is 0 Å². The molecule has 0 aromatic rings. The van der Waals surface area contributed by atoms with Gasteiger partial charge in [-0.15, -0.1) is 0 Å². The molecule has 0 spiro atoms. The van der Waals surface area contributed by atoms with Crippen molar-refractivity contribution in [3.8, 4) is 0 Å². The lowest BCUT2D eigenvalue weighted by molar-refractivity contribution is -0.169. The van der Waals surface area contributed by atoms with Crippen LogP contribution in [-0.4, -0.2) is 57.1 Å². The van der Waals surface area contributed by atoms with Gasteiger partial charge in [0.1, 0.15) is 29.5 Å². The van der Waals surface area contributed by atoms with E-state index in [2.05, 4.69) is 0 Å². The van der Waals surface area contributed by atoms with Gasteiger partial charge >= 0.3 is 11.9 Å². The highest BCUT2D eigenvalue weighted by atomic mass is 32.2. The van der Waals surface area contributed by atoms with Crippen molar-refractivity contribution in [2.24, 2.45) is 11.3 Å². The zero-order valence-corrected chi connectivity index (χ0v) is 14.2. The molecule has 3 aliphatic heterocycles. The van der Waals surface area contributed by atoms with Gasteiger partial charge in [0.2, 0.25) is 0 Å². The van der Waals surface area contributed by atoms with Crippen molar-refractivity contribution < 1.29 is 36.4 Å². The summed E-state index contributed by atoms with van der Waals surface area (Å²) in [5.74, 6) is -2.23. The molecule has 130 valence electrons. The average Bonchev–Trinajstić information content (AvgIpc) is 3.08. The van der Waals surface area contributed by atoms with E-state index in [1.165, 1.54) is 7.11 Å². The Balaban J connectivity index is 1.90. The Hall–Kier alpha value is -1.19. The van der Waals surface area contributed by atoms with Gasteiger partial charge in [-0.05, 0) is 20.3 Å². The van der Waals surface area contributed by atoms with Crippen molar-refractivity contribution in [2.45, 2.75) is 56.9 Å². The van der Waals surface area contributed by atoms with Crippen LogP contribution in [-0.2, 0) is 38.1 Å². The van der Waals surface area contributed by atoms with Crippen molar-refractivity contribution in [3.05, 3.63) is 0 Å². The number of ether oxygens (including phenoxy) is 3. The standard InChI is InChI=1S/C14H20O8S/c1-5-14(2,3)13(16)21-8-7-6(12(15)19-4)11-10(20-7)9(8)22-23(11,17)18/h6-11H,5H2,1-4H3. The molecule has 3 heterocycles. The molecular weight excluding hydrogens is 328 g/mol. The van der Waals surface area contributed by atoms with Gasteiger partial charge < -0.3 is 14.2 Å². The molecule has 0 aromatic carbocycles. The summed E-state index contributed by atoms with van der Waals surface area (Å²) < 4.78 is 45.2. The van der Waals surface area contributed by atoms with Crippen molar-refractivity contribution >= 4 is 22.1 Å². The van der Waals surface area contributed by atoms with Crippen molar-refractivity contribution in [1.82, 2.24) is 0 Å². The molecule has 3 saturated heterocycles. The number of hydrogen-bond donors (Lipinski definition) is 0. The highest BCUT2D eigenvalue weighted by molar-refractivity contribution is 7.87. The molecule has 0 aromatic heterocycles. The van der Waals surface area contributed by atoms with E-state index in [4.69, 9.17) is 18.4 Å². The van der Waals surface area contributed by atoms with Crippen LogP contribution in [0.5, 0.6) is 0 Å². The fourth-order valence-corrected chi connectivity index (χ4v) is 5.12. The number of carbonyl (C=O) groups is 2. The lowest BCUT2D eigenvalue weighted by Gasteiger charge is -2.30. The second-order valence-corrected chi connectivity index (χ2v) is 8.46. The van der Waals surface area contributed by atoms with Crippen LogP contribution < -0.4 is 0 Å². The van der Waals surface area contributed by atoms with Crippen LogP contribution >= 0.6 is 0 Å². The number of rotatable bonds is 4. The van der Waals surface area contributed by atoms with E-state index in [1.807, 2.05) is 6.92 Å². The van der Waals surface area contributed by atoms with Gasteiger partial charge in [0.15, 0.2) is 6.10 Å². The molecule has 0 saturated carbocycles. The maximum absolute atomic E-state index is 12.3. The van der Waals surface area contributed by atoms with E-state index in [0.717, 1.165) is 0 Å². The molecule has 0 aliphatic carbocycles. The number of methoxy groups -OCH3 is 1. The third-order valence-electron chi connectivity index (χ3n) is 5.05. The Bertz CT molecular complexity index is 639. The minimum atomic E-state index is -3.96. The van der Waals surface area contributed by atoms with Gasteiger partial charge in [-0.1, -0.05) is 6.92 Å². The predicted molar refractivity (Wildman–Crippen MR) is 75.7 cm³/mol. The minimum absolute atomic E-state index is 0.478. The third kappa shape index (κ3) is 2.28. The normalized spacial score (nSPS) is 40.2. The van der Waals surface area contributed by atoms with Crippen LogP contribution in [0.1, 0.15) is 27.2 Å². The van der Waals surface area contributed by atoms with Gasteiger partial charge in [0.05, 0.1) is 12.5 Å². The number of esters is 2. The van der Waals surface area contributed by atoms with Gasteiger partial charge in [-0.3, -0.25) is 13.8 Å². The molecule has 9 heteroatoms. The Kier molecular flexibility index (Phi) is 3.73. The predicted octanol–water partition coefficient (Wildman–Crippen LogP) is 0.00180. The third-order valence-corrected chi connectivity index (χ3v) is 6.77. The maximum Gasteiger partial charge on any atom is 0.312 e. The summed E-state index contributed by atoms with van der Waals surface area (Å²) in [7, 11) is -2.79. The fraction of sp³-hybridized carbons (Fsp3) is 0.857. The smallest absolute Gasteiger partial charge is 0.312 e. The molecule has 0 N–H and O–H groups in total. The summed E-state index contributed by atoms with van der Waals surface area (Å²) in [6, 6.07) is 0. The highest BCUT2D eigenvalue weighted by Gasteiger charge is 2.74. The molecule has 8 nitrogen and oxygen atoms in total. The Morgan fingerprint density at radius 2 is 1.83 bits per heavy atom.